The van der Waals surface area contributed by atoms with E-state index in [0.29, 0.717) is 12.1 Å². The Morgan fingerprint density at radius 1 is 0.800 bits per heavy atom. The smallest absolute Gasteiger partial charge is 0.0476 e. The van der Waals surface area contributed by atoms with Crippen molar-refractivity contribution in [1.29, 1.82) is 0 Å². The molecule has 0 amide bonds. The maximum Gasteiger partial charge on any atom is 0.0476 e. The van der Waals surface area contributed by atoms with Crippen LogP contribution in [0.15, 0.2) is 60.7 Å². The highest BCUT2D eigenvalue weighted by Gasteiger charge is 2.25. The summed E-state index contributed by atoms with van der Waals surface area (Å²) in [6.07, 6.45) is 2.29. The van der Waals surface area contributed by atoms with E-state index in [2.05, 4.69) is 71.3 Å². The highest BCUT2D eigenvalue weighted by Crippen LogP contribution is 2.22. The summed E-state index contributed by atoms with van der Waals surface area (Å²) in [6.45, 7) is 2.10. The van der Waals surface area contributed by atoms with Crippen LogP contribution in [0.4, 0.5) is 0 Å². The van der Waals surface area contributed by atoms with Gasteiger partial charge in [0.05, 0.1) is 0 Å². The predicted molar refractivity (Wildman–Crippen MR) is 83.7 cm³/mol. The van der Waals surface area contributed by atoms with Crippen molar-refractivity contribution in [3.63, 3.8) is 0 Å². The zero-order valence-electron chi connectivity index (χ0n) is 11.8. The number of rotatable bonds is 4. The first kappa shape index (κ1) is 13.3. The van der Waals surface area contributed by atoms with Crippen molar-refractivity contribution >= 4 is 0 Å². The molecule has 1 heterocycles. The number of aryl methyl sites for hydroxylation is 1. The summed E-state index contributed by atoms with van der Waals surface area (Å²) in [7, 11) is 0. The van der Waals surface area contributed by atoms with Crippen LogP contribution in [0.1, 0.15) is 23.6 Å². The fourth-order valence-corrected chi connectivity index (χ4v) is 2.99. The van der Waals surface area contributed by atoms with Crippen LogP contribution in [0.3, 0.4) is 0 Å². The Bertz CT molecular complexity index is 509. The van der Waals surface area contributed by atoms with Crippen molar-refractivity contribution in [1.82, 2.24) is 10.6 Å². The van der Waals surface area contributed by atoms with Gasteiger partial charge in [-0.3, -0.25) is 0 Å². The maximum atomic E-state index is 3.68. The maximum absolute atomic E-state index is 3.68. The molecule has 0 saturated carbocycles. The van der Waals surface area contributed by atoms with E-state index < -0.39 is 0 Å². The van der Waals surface area contributed by atoms with Crippen molar-refractivity contribution in [2.24, 2.45) is 0 Å². The van der Waals surface area contributed by atoms with Crippen molar-refractivity contribution < 1.29 is 0 Å². The zero-order chi connectivity index (χ0) is 13.6. The van der Waals surface area contributed by atoms with E-state index in [0.717, 1.165) is 25.9 Å². The van der Waals surface area contributed by atoms with Crippen molar-refractivity contribution in [2.75, 3.05) is 13.1 Å². The number of benzene rings is 2. The molecule has 3 rings (SSSR count). The minimum absolute atomic E-state index is 0.425. The van der Waals surface area contributed by atoms with Crippen molar-refractivity contribution in [3.05, 3.63) is 71.8 Å². The lowest BCUT2D eigenvalue weighted by Crippen LogP contribution is -2.50. The Kier molecular flexibility index (Phi) is 4.46. The lowest BCUT2D eigenvalue weighted by atomic mass is 9.92. The highest BCUT2D eigenvalue weighted by atomic mass is 15.1. The molecule has 1 aliphatic heterocycles. The van der Waals surface area contributed by atoms with Gasteiger partial charge in [-0.15, -0.1) is 0 Å². The van der Waals surface area contributed by atoms with Gasteiger partial charge in [0.25, 0.3) is 0 Å². The Balaban J connectivity index is 1.67. The van der Waals surface area contributed by atoms with Crippen LogP contribution in [0.2, 0.25) is 0 Å². The molecule has 1 aliphatic rings. The predicted octanol–water partition coefficient (Wildman–Crippen LogP) is 2.92. The number of hydrogen-bond acceptors (Lipinski definition) is 2. The fraction of sp³-hybridized carbons (Fsp3) is 0.333. The third kappa shape index (κ3) is 3.27. The van der Waals surface area contributed by atoms with Gasteiger partial charge in [-0.05, 0) is 24.0 Å². The number of piperazine rings is 1. The molecule has 2 N–H and O–H groups in total. The topological polar surface area (TPSA) is 24.1 Å². The molecule has 1 saturated heterocycles. The monoisotopic (exact) mass is 266 g/mol. The first-order chi connectivity index (χ1) is 9.93. The summed E-state index contributed by atoms with van der Waals surface area (Å²) in [6, 6.07) is 22.5. The van der Waals surface area contributed by atoms with E-state index in [4.69, 9.17) is 0 Å². The molecular formula is C18H22N2. The molecule has 2 unspecified atom stereocenters. The standard InChI is InChI=1S/C18H22N2/c1-3-7-15(8-4-1)11-12-17-18(20-14-13-19-17)16-9-5-2-6-10-16/h1-10,17-20H,11-14H2. The van der Waals surface area contributed by atoms with E-state index in [1.807, 2.05) is 0 Å². The van der Waals surface area contributed by atoms with Crippen LogP contribution in [-0.2, 0) is 6.42 Å². The highest BCUT2D eigenvalue weighted by molar-refractivity contribution is 5.22. The zero-order valence-corrected chi connectivity index (χ0v) is 11.8. The molecule has 2 nitrogen and oxygen atoms in total. The molecule has 0 bridgehead atoms. The van der Waals surface area contributed by atoms with Crippen molar-refractivity contribution in [3.8, 4) is 0 Å². The van der Waals surface area contributed by atoms with E-state index in [1.54, 1.807) is 0 Å². The molecule has 1 fully saturated rings. The second kappa shape index (κ2) is 6.69. The summed E-state index contributed by atoms with van der Waals surface area (Å²) in [5, 5.41) is 7.33. The lowest BCUT2D eigenvalue weighted by molar-refractivity contribution is 0.312. The molecule has 0 aromatic heterocycles. The molecule has 2 heteroatoms. The van der Waals surface area contributed by atoms with Crippen LogP contribution >= 0.6 is 0 Å². The second-order valence-corrected chi connectivity index (χ2v) is 5.43. The third-order valence-corrected chi connectivity index (χ3v) is 4.04. The van der Waals surface area contributed by atoms with E-state index >= 15 is 0 Å². The first-order valence-corrected chi connectivity index (χ1v) is 7.49. The van der Waals surface area contributed by atoms with Gasteiger partial charge in [0.2, 0.25) is 0 Å². The van der Waals surface area contributed by atoms with Gasteiger partial charge in [0.1, 0.15) is 0 Å². The Morgan fingerprint density at radius 2 is 1.45 bits per heavy atom. The Morgan fingerprint density at radius 3 is 2.20 bits per heavy atom. The minimum Gasteiger partial charge on any atom is -0.311 e. The van der Waals surface area contributed by atoms with Crippen LogP contribution in [-0.4, -0.2) is 19.1 Å². The fourth-order valence-electron chi connectivity index (χ4n) is 2.99. The molecular weight excluding hydrogens is 244 g/mol. The van der Waals surface area contributed by atoms with E-state index in [-0.39, 0.29) is 0 Å². The van der Waals surface area contributed by atoms with Gasteiger partial charge in [-0.1, -0.05) is 60.7 Å². The normalized spacial score (nSPS) is 22.6. The van der Waals surface area contributed by atoms with Gasteiger partial charge in [0, 0.05) is 25.2 Å². The summed E-state index contributed by atoms with van der Waals surface area (Å²) in [5.74, 6) is 0. The second-order valence-electron chi connectivity index (χ2n) is 5.43. The quantitative estimate of drug-likeness (QED) is 0.889. The van der Waals surface area contributed by atoms with Crippen LogP contribution < -0.4 is 10.6 Å². The molecule has 2 atom stereocenters. The average Bonchev–Trinajstić information content (AvgIpc) is 2.55. The molecule has 0 aliphatic carbocycles. The Hall–Kier alpha value is -1.64. The minimum atomic E-state index is 0.425. The van der Waals surface area contributed by atoms with Crippen molar-refractivity contribution in [2.45, 2.75) is 24.9 Å². The van der Waals surface area contributed by atoms with Gasteiger partial charge >= 0.3 is 0 Å². The molecule has 0 spiro atoms. The van der Waals surface area contributed by atoms with Crippen LogP contribution in [0.25, 0.3) is 0 Å². The number of nitrogens with one attached hydrogen (secondary N) is 2. The summed E-state index contributed by atoms with van der Waals surface area (Å²) >= 11 is 0. The number of hydrogen-bond donors (Lipinski definition) is 2. The first-order valence-electron chi connectivity index (χ1n) is 7.49. The Labute approximate surface area is 121 Å². The van der Waals surface area contributed by atoms with E-state index in [1.165, 1.54) is 11.1 Å². The molecule has 2 aromatic carbocycles. The summed E-state index contributed by atoms with van der Waals surface area (Å²) < 4.78 is 0. The largest absolute Gasteiger partial charge is 0.311 e. The SMILES string of the molecule is c1ccc(CCC2NCCNC2c2ccccc2)cc1. The molecule has 2 aromatic rings. The average molecular weight is 266 g/mol. The summed E-state index contributed by atoms with van der Waals surface area (Å²) in [4.78, 5) is 0. The van der Waals surface area contributed by atoms with Gasteiger partial charge in [-0.2, -0.15) is 0 Å². The molecule has 0 radical (unpaired) electrons. The van der Waals surface area contributed by atoms with Gasteiger partial charge in [-0.25, -0.2) is 0 Å². The summed E-state index contributed by atoms with van der Waals surface area (Å²) in [5.41, 5.74) is 2.81. The lowest BCUT2D eigenvalue weighted by Gasteiger charge is -2.34. The van der Waals surface area contributed by atoms with E-state index in [9.17, 15) is 0 Å². The van der Waals surface area contributed by atoms with Crippen LogP contribution in [0, 0.1) is 0 Å². The van der Waals surface area contributed by atoms with Crippen LogP contribution in [0.5, 0.6) is 0 Å². The van der Waals surface area contributed by atoms with Gasteiger partial charge in [0.15, 0.2) is 0 Å². The molecule has 20 heavy (non-hydrogen) atoms. The molecule has 104 valence electrons. The van der Waals surface area contributed by atoms with Gasteiger partial charge < -0.3 is 10.6 Å². The third-order valence-electron chi connectivity index (χ3n) is 4.04.